The Morgan fingerprint density at radius 1 is 0.851 bits per heavy atom. The number of sulfonamides is 1. The summed E-state index contributed by atoms with van der Waals surface area (Å²) < 4.78 is 45.9. The van der Waals surface area contributed by atoms with Crippen molar-refractivity contribution >= 4 is 39.1 Å². The summed E-state index contributed by atoms with van der Waals surface area (Å²) in [5.41, 5.74) is 1.76. The van der Waals surface area contributed by atoms with Gasteiger partial charge in [0.1, 0.15) is 18.3 Å². The van der Waals surface area contributed by atoms with Crippen LogP contribution >= 0.6 is 11.6 Å². The molecular formula is C35H38ClN3O7S. The molecule has 0 aliphatic rings. The first-order valence-corrected chi connectivity index (χ1v) is 16.7. The van der Waals surface area contributed by atoms with E-state index < -0.39 is 34.4 Å². The highest BCUT2D eigenvalue weighted by Crippen LogP contribution is 2.33. The van der Waals surface area contributed by atoms with E-state index in [4.69, 9.17) is 25.8 Å². The number of nitrogens with zero attached hydrogens (tertiary/aromatic N) is 2. The third-order valence-electron chi connectivity index (χ3n) is 7.44. The molecule has 1 N–H and O–H groups in total. The lowest BCUT2D eigenvalue weighted by atomic mass is 10.0. The number of carbonyl (C=O) groups is 2. The molecule has 1 unspecified atom stereocenters. The van der Waals surface area contributed by atoms with Crippen LogP contribution < -0.4 is 23.8 Å². The Bertz CT molecular complexity index is 1750. The molecule has 0 aromatic heterocycles. The van der Waals surface area contributed by atoms with Crippen molar-refractivity contribution in [3.8, 4) is 17.2 Å². The van der Waals surface area contributed by atoms with Crippen LogP contribution in [0, 0.1) is 0 Å². The number of ether oxygens (including phenoxy) is 3. The van der Waals surface area contributed by atoms with Crippen molar-refractivity contribution in [2.45, 2.75) is 30.8 Å². The van der Waals surface area contributed by atoms with Crippen molar-refractivity contribution in [3.05, 3.63) is 113 Å². The van der Waals surface area contributed by atoms with Crippen LogP contribution in [-0.4, -0.2) is 65.6 Å². The second-order valence-corrected chi connectivity index (χ2v) is 12.7. The van der Waals surface area contributed by atoms with Gasteiger partial charge in [0.05, 0.1) is 31.4 Å². The van der Waals surface area contributed by atoms with Gasteiger partial charge in [-0.15, -0.1) is 0 Å². The normalized spacial score (nSPS) is 11.7. The standard InChI is InChI=1S/C35H38ClN3O7S/c1-5-46-29-17-15-28(16-18-29)39(47(42,43)30-19-20-32(44-3)33(22-30)45-4)24-34(40)38(23-26-11-13-27(36)14-12-26)31(35(41)37-2)21-25-9-7-6-8-10-25/h6-20,22,31H,5,21,23-24H2,1-4H3,(H,37,41). The van der Waals surface area contributed by atoms with E-state index in [1.54, 1.807) is 48.5 Å². The van der Waals surface area contributed by atoms with E-state index in [2.05, 4.69) is 5.32 Å². The van der Waals surface area contributed by atoms with E-state index in [-0.39, 0.29) is 29.3 Å². The van der Waals surface area contributed by atoms with Gasteiger partial charge in [0.2, 0.25) is 11.8 Å². The Kier molecular flexibility index (Phi) is 12.1. The number of carbonyl (C=O) groups excluding carboxylic acids is 2. The van der Waals surface area contributed by atoms with Gasteiger partial charge in [0.15, 0.2) is 11.5 Å². The molecule has 0 aliphatic carbocycles. The summed E-state index contributed by atoms with van der Waals surface area (Å²) >= 11 is 6.13. The molecule has 0 fully saturated rings. The minimum Gasteiger partial charge on any atom is -0.494 e. The first kappa shape index (κ1) is 35.1. The second-order valence-electron chi connectivity index (χ2n) is 10.4. The lowest BCUT2D eigenvalue weighted by Gasteiger charge is -2.33. The summed E-state index contributed by atoms with van der Waals surface area (Å²) in [7, 11) is -0.00981. The van der Waals surface area contributed by atoms with E-state index in [1.807, 2.05) is 37.3 Å². The Morgan fingerprint density at radius 2 is 1.51 bits per heavy atom. The molecule has 1 atom stereocenters. The van der Waals surface area contributed by atoms with E-state index >= 15 is 0 Å². The third-order valence-corrected chi connectivity index (χ3v) is 9.46. The summed E-state index contributed by atoms with van der Waals surface area (Å²) in [6.45, 7) is 1.68. The monoisotopic (exact) mass is 679 g/mol. The molecule has 47 heavy (non-hydrogen) atoms. The van der Waals surface area contributed by atoms with Crippen molar-refractivity contribution in [3.63, 3.8) is 0 Å². The van der Waals surface area contributed by atoms with Gasteiger partial charge in [-0.3, -0.25) is 13.9 Å². The fourth-order valence-corrected chi connectivity index (χ4v) is 6.57. The molecule has 0 radical (unpaired) electrons. The Morgan fingerprint density at radius 3 is 2.11 bits per heavy atom. The minimum absolute atomic E-state index is 0.0223. The summed E-state index contributed by atoms with van der Waals surface area (Å²) in [6.07, 6.45) is 0.200. The molecule has 2 amide bonds. The van der Waals surface area contributed by atoms with Gasteiger partial charge in [-0.1, -0.05) is 54.1 Å². The molecular weight excluding hydrogens is 642 g/mol. The van der Waals surface area contributed by atoms with Gasteiger partial charge < -0.3 is 24.4 Å². The Hall–Kier alpha value is -4.74. The number of halogens is 1. The molecule has 0 saturated heterocycles. The van der Waals surface area contributed by atoms with Crippen LogP contribution in [0.4, 0.5) is 5.69 Å². The van der Waals surface area contributed by atoms with Crippen molar-refractivity contribution in [1.29, 1.82) is 0 Å². The van der Waals surface area contributed by atoms with Crippen molar-refractivity contribution < 1.29 is 32.2 Å². The van der Waals surface area contributed by atoms with Crippen LogP contribution in [0.1, 0.15) is 18.1 Å². The lowest BCUT2D eigenvalue weighted by molar-refractivity contribution is -0.139. The second kappa shape index (κ2) is 16.2. The van der Waals surface area contributed by atoms with Crippen LogP contribution in [0.3, 0.4) is 0 Å². The van der Waals surface area contributed by atoms with Crippen LogP contribution in [0.25, 0.3) is 0 Å². The number of nitrogens with one attached hydrogen (secondary N) is 1. The summed E-state index contributed by atoms with van der Waals surface area (Å²) in [6, 6.07) is 25.9. The number of methoxy groups -OCH3 is 2. The highest BCUT2D eigenvalue weighted by Gasteiger charge is 2.34. The zero-order valence-corrected chi connectivity index (χ0v) is 28.3. The summed E-state index contributed by atoms with van der Waals surface area (Å²) in [5.74, 6) is 0.101. The Balaban J connectivity index is 1.81. The van der Waals surface area contributed by atoms with E-state index in [9.17, 15) is 18.0 Å². The van der Waals surface area contributed by atoms with Crippen LogP contribution in [-0.2, 0) is 32.6 Å². The topological polar surface area (TPSA) is 114 Å². The summed E-state index contributed by atoms with van der Waals surface area (Å²) in [5, 5.41) is 3.19. The average molecular weight is 680 g/mol. The van der Waals surface area contributed by atoms with Crippen molar-refractivity contribution in [1.82, 2.24) is 10.2 Å². The van der Waals surface area contributed by atoms with Crippen LogP contribution in [0.15, 0.2) is 102 Å². The van der Waals surface area contributed by atoms with Gasteiger partial charge in [0.25, 0.3) is 10.0 Å². The van der Waals surface area contributed by atoms with E-state index in [0.717, 1.165) is 9.87 Å². The van der Waals surface area contributed by atoms with Gasteiger partial charge in [0, 0.05) is 31.1 Å². The SMILES string of the molecule is CCOc1ccc(N(CC(=O)N(Cc2ccc(Cl)cc2)C(Cc2ccccc2)C(=O)NC)S(=O)(=O)c2ccc(OC)c(OC)c2)cc1. The Labute approximate surface area is 280 Å². The number of amides is 2. The predicted octanol–water partition coefficient (Wildman–Crippen LogP) is 5.34. The number of likely N-dealkylation sites (N-methyl/N-ethyl adjacent to an activating group) is 1. The quantitative estimate of drug-likeness (QED) is 0.181. The smallest absolute Gasteiger partial charge is 0.264 e. The highest BCUT2D eigenvalue weighted by atomic mass is 35.5. The molecule has 0 saturated carbocycles. The largest absolute Gasteiger partial charge is 0.494 e. The maximum absolute atomic E-state index is 14.5. The highest BCUT2D eigenvalue weighted by molar-refractivity contribution is 7.92. The predicted molar refractivity (Wildman–Crippen MR) is 182 cm³/mol. The minimum atomic E-state index is -4.36. The molecule has 0 heterocycles. The molecule has 0 spiro atoms. The lowest BCUT2D eigenvalue weighted by Crippen LogP contribution is -2.53. The third kappa shape index (κ3) is 8.75. The van der Waals surface area contributed by atoms with Gasteiger partial charge in [-0.25, -0.2) is 8.42 Å². The zero-order chi connectivity index (χ0) is 34.0. The molecule has 248 valence electrons. The fourth-order valence-electron chi connectivity index (χ4n) is 5.02. The number of benzene rings is 4. The molecule has 12 heteroatoms. The number of hydrogen-bond acceptors (Lipinski definition) is 7. The maximum atomic E-state index is 14.5. The molecule has 0 bridgehead atoms. The van der Waals surface area contributed by atoms with Gasteiger partial charge in [-0.2, -0.15) is 0 Å². The number of rotatable bonds is 15. The molecule has 4 aromatic carbocycles. The van der Waals surface area contributed by atoms with Gasteiger partial charge in [-0.05, 0) is 66.6 Å². The van der Waals surface area contributed by atoms with Crippen molar-refractivity contribution in [2.75, 3.05) is 38.7 Å². The average Bonchev–Trinajstić information content (AvgIpc) is 3.09. The first-order valence-electron chi connectivity index (χ1n) is 14.9. The molecule has 10 nitrogen and oxygen atoms in total. The molecule has 4 rings (SSSR count). The number of anilines is 1. The van der Waals surface area contributed by atoms with E-state index in [0.29, 0.717) is 28.7 Å². The maximum Gasteiger partial charge on any atom is 0.264 e. The molecule has 4 aromatic rings. The fraction of sp³-hybridized carbons (Fsp3) is 0.257. The van der Waals surface area contributed by atoms with E-state index in [1.165, 1.54) is 44.4 Å². The first-order chi connectivity index (χ1) is 22.6. The van der Waals surface area contributed by atoms with Gasteiger partial charge >= 0.3 is 0 Å². The molecule has 0 aliphatic heterocycles. The zero-order valence-electron chi connectivity index (χ0n) is 26.7. The van der Waals surface area contributed by atoms with Crippen LogP contribution in [0.2, 0.25) is 5.02 Å². The number of hydrogen-bond donors (Lipinski definition) is 1. The van der Waals surface area contributed by atoms with Crippen molar-refractivity contribution in [2.24, 2.45) is 0 Å². The summed E-state index contributed by atoms with van der Waals surface area (Å²) in [4.78, 5) is 29.2. The van der Waals surface area contributed by atoms with Crippen LogP contribution in [0.5, 0.6) is 17.2 Å².